The Morgan fingerprint density at radius 1 is 1.47 bits per heavy atom. The first kappa shape index (κ1) is 9.88. The van der Waals surface area contributed by atoms with Crippen LogP contribution in [-0.4, -0.2) is 5.78 Å². The van der Waals surface area contributed by atoms with Crippen molar-refractivity contribution in [2.45, 2.75) is 13.3 Å². The van der Waals surface area contributed by atoms with E-state index in [-0.39, 0.29) is 12.2 Å². The molecule has 15 heavy (non-hydrogen) atoms. The Bertz CT molecular complexity index is 562. The summed E-state index contributed by atoms with van der Waals surface area (Å²) in [5.74, 6) is -0.0730. The molecular weight excluding hydrogens is 206 g/mol. The van der Waals surface area contributed by atoms with Crippen LogP contribution in [0.25, 0.3) is 10.1 Å². The number of Topliss-reactive ketones (excluding diaryl/α,β-unsaturated/α-hetero) is 1. The molecule has 0 fully saturated rings. The molecule has 2 rings (SSSR count). The van der Waals surface area contributed by atoms with Crippen LogP contribution < -0.4 is 0 Å². The predicted octanol–water partition coefficient (Wildman–Crippen LogP) is 3.31. The van der Waals surface area contributed by atoms with Gasteiger partial charge in [0.05, 0.1) is 17.4 Å². The highest BCUT2D eigenvalue weighted by atomic mass is 32.1. The molecule has 2 aromatic rings. The molecule has 74 valence electrons. The zero-order valence-corrected chi connectivity index (χ0v) is 9.10. The van der Waals surface area contributed by atoms with Crippen molar-refractivity contribution in [3.63, 3.8) is 0 Å². The first-order valence-electron chi connectivity index (χ1n) is 4.62. The summed E-state index contributed by atoms with van der Waals surface area (Å²) < 4.78 is 1.11. The molecule has 2 nitrogen and oxygen atoms in total. The minimum atomic E-state index is -0.0730. The highest BCUT2D eigenvalue weighted by Crippen LogP contribution is 2.31. The van der Waals surface area contributed by atoms with E-state index in [1.165, 1.54) is 11.3 Å². The fourth-order valence-corrected chi connectivity index (χ4v) is 2.74. The summed E-state index contributed by atoms with van der Waals surface area (Å²) in [6, 6.07) is 9.81. The maximum absolute atomic E-state index is 11.6. The fourth-order valence-electron chi connectivity index (χ4n) is 1.59. The normalized spacial score (nSPS) is 10.1. The van der Waals surface area contributed by atoms with Gasteiger partial charge in [-0.2, -0.15) is 5.26 Å². The predicted molar refractivity (Wildman–Crippen MR) is 61.1 cm³/mol. The lowest BCUT2D eigenvalue weighted by Gasteiger charge is -1.93. The number of rotatable bonds is 2. The molecule has 0 aliphatic carbocycles. The summed E-state index contributed by atoms with van der Waals surface area (Å²) in [5, 5.41) is 9.61. The number of carbonyl (C=O) groups is 1. The van der Waals surface area contributed by atoms with E-state index in [2.05, 4.69) is 0 Å². The van der Waals surface area contributed by atoms with Crippen LogP contribution in [0.15, 0.2) is 24.3 Å². The number of thiophene rings is 1. The molecule has 3 heteroatoms. The Hall–Kier alpha value is -1.66. The zero-order valence-electron chi connectivity index (χ0n) is 8.28. The quantitative estimate of drug-likeness (QED) is 0.721. The van der Waals surface area contributed by atoms with Crippen molar-refractivity contribution in [1.82, 2.24) is 0 Å². The molecule has 0 atom stereocenters. The van der Waals surface area contributed by atoms with Gasteiger partial charge in [-0.3, -0.25) is 4.79 Å². The van der Waals surface area contributed by atoms with Gasteiger partial charge in [0.25, 0.3) is 0 Å². The van der Waals surface area contributed by atoms with Gasteiger partial charge in [0.15, 0.2) is 5.78 Å². The Morgan fingerprint density at radius 3 is 2.87 bits per heavy atom. The topological polar surface area (TPSA) is 40.9 Å². The van der Waals surface area contributed by atoms with Gasteiger partial charge in [0, 0.05) is 4.70 Å². The summed E-state index contributed by atoms with van der Waals surface area (Å²) in [5.41, 5.74) is 0.996. The van der Waals surface area contributed by atoms with Crippen molar-refractivity contribution >= 4 is 27.2 Å². The smallest absolute Gasteiger partial charge is 0.187 e. The van der Waals surface area contributed by atoms with Gasteiger partial charge in [0.2, 0.25) is 0 Å². The molecule has 1 aromatic heterocycles. The molecule has 0 radical (unpaired) electrons. The number of hydrogen-bond donors (Lipinski definition) is 0. The van der Waals surface area contributed by atoms with Crippen molar-refractivity contribution in [3.05, 3.63) is 34.7 Å². The third-order valence-electron chi connectivity index (χ3n) is 2.34. The number of ketones is 1. The molecule has 0 bridgehead atoms. The monoisotopic (exact) mass is 215 g/mol. The third-order valence-corrected chi connectivity index (χ3v) is 3.65. The van der Waals surface area contributed by atoms with Crippen LogP contribution >= 0.6 is 11.3 Å². The zero-order chi connectivity index (χ0) is 10.8. The summed E-state index contributed by atoms with van der Waals surface area (Å²) >= 11 is 1.47. The van der Waals surface area contributed by atoms with Crippen LogP contribution in [0.1, 0.15) is 21.7 Å². The lowest BCUT2D eigenvalue weighted by Crippen LogP contribution is -1.95. The third kappa shape index (κ3) is 1.64. The Balaban J connectivity index is 2.59. The average molecular weight is 215 g/mol. The minimum Gasteiger partial charge on any atom is -0.292 e. The Labute approximate surface area is 91.8 Å². The highest BCUT2D eigenvalue weighted by Gasteiger charge is 2.14. The number of aryl methyl sites for hydroxylation is 1. The molecule has 0 saturated heterocycles. The number of carbonyl (C=O) groups excluding carboxylic acids is 1. The van der Waals surface area contributed by atoms with E-state index in [1.807, 2.05) is 37.3 Å². The van der Waals surface area contributed by atoms with E-state index < -0.39 is 0 Å². The van der Waals surface area contributed by atoms with E-state index in [0.29, 0.717) is 0 Å². The largest absolute Gasteiger partial charge is 0.292 e. The molecule has 0 N–H and O–H groups in total. The average Bonchev–Trinajstić information content (AvgIpc) is 2.57. The molecule has 1 heterocycles. The standard InChI is InChI=1S/C12H9NOS/c1-8-9-4-2-3-5-11(9)15-12(8)10(14)6-7-13/h2-5H,6H2,1H3. The number of nitrogens with zero attached hydrogens (tertiary/aromatic N) is 1. The summed E-state index contributed by atoms with van der Waals surface area (Å²) in [7, 11) is 0. The van der Waals surface area contributed by atoms with E-state index in [9.17, 15) is 4.79 Å². The van der Waals surface area contributed by atoms with Crippen molar-refractivity contribution in [2.24, 2.45) is 0 Å². The summed E-state index contributed by atoms with van der Waals surface area (Å²) in [4.78, 5) is 12.3. The molecule has 0 saturated carbocycles. The summed E-state index contributed by atoms with van der Waals surface area (Å²) in [6.07, 6.45) is -0.0341. The second kappa shape index (κ2) is 3.84. The second-order valence-corrected chi connectivity index (χ2v) is 4.36. The molecule has 0 aliphatic rings. The number of benzene rings is 1. The molecule has 0 unspecified atom stereocenters. The van der Waals surface area contributed by atoms with Crippen molar-refractivity contribution in [2.75, 3.05) is 0 Å². The van der Waals surface area contributed by atoms with Crippen LogP contribution in [0.3, 0.4) is 0 Å². The van der Waals surface area contributed by atoms with Gasteiger partial charge in [-0.25, -0.2) is 0 Å². The van der Waals surface area contributed by atoms with Crippen molar-refractivity contribution in [3.8, 4) is 6.07 Å². The number of hydrogen-bond acceptors (Lipinski definition) is 3. The van der Waals surface area contributed by atoms with Crippen LogP contribution in [0.2, 0.25) is 0 Å². The Morgan fingerprint density at radius 2 is 2.20 bits per heavy atom. The van der Waals surface area contributed by atoms with Crippen LogP contribution in [0.4, 0.5) is 0 Å². The number of nitriles is 1. The van der Waals surface area contributed by atoms with E-state index >= 15 is 0 Å². The first-order chi connectivity index (χ1) is 7.24. The van der Waals surface area contributed by atoms with Crippen LogP contribution in [0, 0.1) is 18.3 Å². The first-order valence-corrected chi connectivity index (χ1v) is 5.44. The van der Waals surface area contributed by atoms with Crippen LogP contribution in [0.5, 0.6) is 0 Å². The van der Waals surface area contributed by atoms with Crippen molar-refractivity contribution < 1.29 is 4.79 Å². The van der Waals surface area contributed by atoms with Crippen LogP contribution in [-0.2, 0) is 0 Å². The summed E-state index contributed by atoms with van der Waals surface area (Å²) in [6.45, 7) is 1.93. The SMILES string of the molecule is Cc1c(C(=O)CC#N)sc2ccccc12. The van der Waals surface area contributed by atoms with E-state index in [1.54, 1.807) is 0 Å². The van der Waals surface area contributed by atoms with Gasteiger partial charge < -0.3 is 0 Å². The van der Waals surface area contributed by atoms with Gasteiger partial charge in [-0.15, -0.1) is 11.3 Å². The van der Waals surface area contributed by atoms with Crippen molar-refractivity contribution in [1.29, 1.82) is 5.26 Å². The highest BCUT2D eigenvalue weighted by molar-refractivity contribution is 7.21. The lowest BCUT2D eigenvalue weighted by atomic mass is 10.1. The molecule has 0 amide bonds. The lowest BCUT2D eigenvalue weighted by molar-refractivity contribution is 0.100. The maximum atomic E-state index is 11.6. The minimum absolute atomic E-state index is 0.0341. The molecule has 0 aliphatic heterocycles. The van der Waals surface area contributed by atoms with E-state index in [0.717, 1.165) is 20.5 Å². The fraction of sp³-hybridized carbons (Fsp3) is 0.167. The second-order valence-electron chi connectivity index (χ2n) is 3.31. The van der Waals surface area contributed by atoms with Gasteiger partial charge in [-0.05, 0) is 23.9 Å². The van der Waals surface area contributed by atoms with Gasteiger partial charge in [-0.1, -0.05) is 18.2 Å². The van der Waals surface area contributed by atoms with E-state index in [4.69, 9.17) is 5.26 Å². The molecular formula is C12H9NOS. The van der Waals surface area contributed by atoms with Gasteiger partial charge >= 0.3 is 0 Å². The number of fused-ring (bicyclic) bond motifs is 1. The molecule has 0 spiro atoms. The Kier molecular flexibility index (Phi) is 2.53. The maximum Gasteiger partial charge on any atom is 0.187 e. The van der Waals surface area contributed by atoms with Gasteiger partial charge in [0.1, 0.15) is 0 Å². The molecule has 1 aromatic carbocycles.